The van der Waals surface area contributed by atoms with E-state index in [-0.39, 0.29) is 0 Å². The molecule has 1 aromatic rings. The van der Waals surface area contributed by atoms with Crippen LogP contribution in [0.2, 0.25) is 0 Å². The minimum absolute atomic E-state index is 0.416. The molecule has 2 aliphatic carbocycles. The molecule has 2 fully saturated rings. The average molecular weight is 273 g/mol. The fraction of sp³-hybridized carbons (Fsp3) is 0.667. The van der Waals surface area contributed by atoms with E-state index in [1.165, 1.54) is 44.1 Å². The summed E-state index contributed by atoms with van der Waals surface area (Å²) in [6.07, 6.45) is 8.23. The van der Waals surface area contributed by atoms with Crippen LogP contribution < -0.4 is 10.1 Å². The topological polar surface area (TPSA) is 21.3 Å². The van der Waals surface area contributed by atoms with Gasteiger partial charge in [0.15, 0.2) is 0 Å². The predicted molar refractivity (Wildman–Crippen MR) is 83.2 cm³/mol. The second kappa shape index (κ2) is 5.77. The van der Waals surface area contributed by atoms with E-state index in [4.69, 9.17) is 4.74 Å². The van der Waals surface area contributed by atoms with Crippen molar-refractivity contribution in [2.24, 2.45) is 5.41 Å². The summed E-state index contributed by atoms with van der Waals surface area (Å²) in [5.74, 6) is 1.05. The maximum absolute atomic E-state index is 6.34. The van der Waals surface area contributed by atoms with E-state index in [1.54, 1.807) is 0 Å². The number of ether oxygens (including phenoxy) is 1. The highest BCUT2D eigenvalue weighted by molar-refractivity contribution is 5.28. The van der Waals surface area contributed by atoms with E-state index in [1.807, 2.05) is 0 Å². The minimum atomic E-state index is 0.416. The molecule has 0 heterocycles. The standard InChI is InChI=1S/C18H27NO/c1-3-11-19-16-13-17(18(16)9-4-5-10-18)20-15-8-6-7-14(2)12-15/h6-8,12,16-17,19H,3-5,9-11,13H2,1-2H3. The molecule has 3 rings (SSSR count). The molecule has 2 nitrogen and oxygen atoms in total. The van der Waals surface area contributed by atoms with Gasteiger partial charge in [0, 0.05) is 17.9 Å². The van der Waals surface area contributed by atoms with Gasteiger partial charge >= 0.3 is 0 Å². The van der Waals surface area contributed by atoms with Crippen LogP contribution in [-0.4, -0.2) is 18.7 Å². The van der Waals surface area contributed by atoms with E-state index < -0.39 is 0 Å². The van der Waals surface area contributed by atoms with E-state index >= 15 is 0 Å². The second-order valence-electron chi connectivity index (χ2n) is 6.61. The molecule has 0 aliphatic heterocycles. The van der Waals surface area contributed by atoms with E-state index in [0.29, 0.717) is 17.6 Å². The summed E-state index contributed by atoms with van der Waals surface area (Å²) in [6.45, 7) is 5.52. The third-order valence-electron chi connectivity index (χ3n) is 5.23. The fourth-order valence-corrected chi connectivity index (χ4v) is 4.07. The van der Waals surface area contributed by atoms with Crippen LogP contribution in [0.4, 0.5) is 0 Å². The molecule has 0 radical (unpaired) electrons. The second-order valence-corrected chi connectivity index (χ2v) is 6.61. The van der Waals surface area contributed by atoms with Gasteiger partial charge in [0.1, 0.15) is 11.9 Å². The average Bonchev–Trinajstić information content (AvgIpc) is 2.94. The zero-order valence-corrected chi connectivity index (χ0v) is 12.8. The van der Waals surface area contributed by atoms with Crippen LogP contribution in [0.3, 0.4) is 0 Å². The summed E-state index contributed by atoms with van der Waals surface area (Å²) in [4.78, 5) is 0. The highest BCUT2D eigenvalue weighted by atomic mass is 16.5. The minimum Gasteiger partial charge on any atom is -0.490 e. The molecular formula is C18H27NO. The first kappa shape index (κ1) is 13.9. The normalized spacial score (nSPS) is 27.5. The summed E-state index contributed by atoms with van der Waals surface area (Å²) in [7, 11) is 0. The van der Waals surface area contributed by atoms with Crippen molar-refractivity contribution >= 4 is 0 Å². The summed E-state index contributed by atoms with van der Waals surface area (Å²) < 4.78 is 6.34. The summed E-state index contributed by atoms with van der Waals surface area (Å²) in [5.41, 5.74) is 1.70. The highest BCUT2D eigenvalue weighted by Gasteiger charge is 2.57. The van der Waals surface area contributed by atoms with Crippen LogP contribution >= 0.6 is 0 Å². The van der Waals surface area contributed by atoms with Crippen molar-refractivity contribution in [2.45, 2.75) is 64.5 Å². The Morgan fingerprint density at radius 3 is 2.80 bits per heavy atom. The van der Waals surface area contributed by atoms with Gasteiger partial charge < -0.3 is 10.1 Å². The number of rotatable bonds is 5. The lowest BCUT2D eigenvalue weighted by molar-refractivity contribution is -0.0759. The maximum Gasteiger partial charge on any atom is 0.120 e. The predicted octanol–water partition coefficient (Wildman–Crippen LogP) is 4.07. The SMILES string of the molecule is CCCNC1CC(Oc2cccc(C)c2)C12CCCC2. The van der Waals surface area contributed by atoms with Gasteiger partial charge in [0.25, 0.3) is 0 Å². The Bertz CT molecular complexity index is 450. The highest BCUT2D eigenvalue weighted by Crippen LogP contribution is 2.54. The molecule has 1 aromatic carbocycles. The Morgan fingerprint density at radius 2 is 2.10 bits per heavy atom. The molecule has 0 aromatic heterocycles. The van der Waals surface area contributed by atoms with Crippen LogP contribution in [0.1, 0.15) is 51.0 Å². The molecule has 1 N–H and O–H groups in total. The van der Waals surface area contributed by atoms with Crippen molar-refractivity contribution in [1.82, 2.24) is 5.32 Å². The Balaban J connectivity index is 1.68. The van der Waals surface area contributed by atoms with Gasteiger partial charge in [0.05, 0.1) is 0 Å². The first-order valence-electron chi connectivity index (χ1n) is 8.21. The van der Waals surface area contributed by atoms with Crippen molar-refractivity contribution < 1.29 is 4.74 Å². The quantitative estimate of drug-likeness (QED) is 0.873. The van der Waals surface area contributed by atoms with Gasteiger partial charge in [-0.25, -0.2) is 0 Å². The van der Waals surface area contributed by atoms with Crippen LogP contribution in [0.25, 0.3) is 0 Å². The van der Waals surface area contributed by atoms with Gasteiger partial charge in [-0.2, -0.15) is 0 Å². The first-order valence-corrected chi connectivity index (χ1v) is 8.21. The smallest absolute Gasteiger partial charge is 0.120 e. The van der Waals surface area contributed by atoms with Crippen molar-refractivity contribution in [3.63, 3.8) is 0 Å². The third-order valence-corrected chi connectivity index (χ3v) is 5.23. The molecule has 2 aliphatic rings. The largest absolute Gasteiger partial charge is 0.490 e. The van der Waals surface area contributed by atoms with Crippen LogP contribution in [0, 0.1) is 12.3 Å². The van der Waals surface area contributed by atoms with Gasteiger partial charge in [0.2, 0.25) is 0 Å². The van der Waals surface area contributed by atoms with E-state index in [2.05, 4.69) is 43.4 Å². The van der Waals surface area contributed by atoms with Crippen LogP contribution in [0.15, 0.2) is 24.3 Å². The number of hydrogen-bond acceptors (Lipinski definition) is 2. The number of nitrogens with one attached hydrogen (secondary N) is 1. The number of benzene rings is 1. The number of hydrogen-bond donors (Lipinski definition) is 1. The zero-order valence-electron chi connectivity index (χ0n) is 12.8. The molecule has 110 valence electrons. The lowest BCUT2D eigenvalue weighted by Crippen LogP contribution is -2.63. The summed E-state index contributed by atoms with van der Waals surface area (Å²) in [5, 5.41) is 3.75. The number of aryl methyl sites for hydroxylation is 1. The Hall–Kier alpha value is -1.02. The van der Waals surface area contributed by atoms with Crippen molar-refractivity contribution in [3.8, 4) is 5.75 Å². The molecule has 1 spiro atoms. The molecule has 20 heavy (non-hydrogen) atoms. The van der Waals surface area contributed by atoms with Crippen LogP contribution in [-0.2, 0) is 0 Å². The lowest BCUT2D eigenvalue weighted by Gasteiger charge is -2.54. The van der Waals surface area contributed by atoms with Gasteiger partial charge in [-0.3, -0.25) is 0 Å². The molecule has 0 bridgehead atoms. The molecule has 2 heteroatoms. The first-order chi connectivity index (χ1) is 9.74. The van der Waals surface area contributed by atoms with Crippen molar-refractivity contribution in [2.75, 3.05) is 6.54 Å². The molecule has 0 saturated heterocycles. The van der Waals surface area contributed by atoms with Gasteiger partial charge in [-0.1, -0.05) is 31.9 Å². The van der Waals surface area contributed by atoms with E-state index in [0.717, 1.165) is 12.3 Å². The summed E-state index contributed by atoms with van der Waals surface area (Å²) >= 11 is 0. The summed E-state index contributed by atoms with van der Waals surface area (Å²) in [6, 6.07) is 9.17. The Morgan fingerprint density at radius 1 is 1.30 bits per heavy atom. The van der Waals surface area contributed by atoms with Gasteiger partial charge in [-0.05, 0) is 50.4 Å². The van der Waals surface area contributed by atoms with Gasteiger partial charge in [-0.15, -0.1) is 0 Å². The fourth-order valence-electron chi connectivity index (χ4n) is 4.07. The zero-order chi connectivity index (χ0) is 14.0. The van der Waals surface area contributed by atoms with Crippen molar-refractivity contribution in [1.29, 1.82) is 0 Å². The van der Waals surface area contributed by atoms with E-state index in [9.17, 15) is 0 Å². The molecule has 2 saturated carbocycles. The third kappa shape index (κ3) is 2.46. The molecule has 2 unspecified atom stereocenters. The molecule has 2 atom stereocenters. The Labute approximate surface area is 122 Å². The maximum atomic E-state index is 6.34. The molecular weight excluding hydrogens is 246 g/mol. The Kier molecular flexibility index (Phi) is 4.02. The van der Waals surface area contributed by atoms with Crippen LogP contribution in [0.5, 0.6) is 5.75 Å². The van der Waals surface area contributed by atoms with Crippen molar-refractivity contribution in [3.05, 3.63) is 29.8 Å². The monoisotopic (exact) mass is 273 g/mol. The molecule has 0 amide bonds. The lowest BCUT2D eigenvalue weighted by atomic mass is 9.60.